The average Bonchev–Trinajstić information content (AvgIpc) is 2.82. The van der Waals surface area contributed by atoms with E-state index in [-0.39, 0.29) is 0 Å². The highest BCUT2D eigenvalue weighted by atomic mass is 15.1. The Morgan fingerprint density at radius 2 is 1.70 bits per heavy atom. The number of benzene rings is 2. The summed E-state index contributed by atoms with van der Waals surface area (Å²) in [7, 11) is 3.98. The SMILES string of the molecule is CNc1ccccc1NCc1nc2ccccc2n1C. The number of rotatable bonds is 4. The van der Waals surface area contributed by atoms with Crippen LogP contribution in [0.1, 0.15) is 5.82 Å². The van der Waals surface area contributed by atoms with Gasteiger partial charge in [0.15, 0.2) is 0 Å². The Balaban J connectivity index is 1.85. The Morgan fingerprint density at radius 3 is 2.45 bits per heavy atom. The smallest absolute Gasteiger partial charge is 0.128 e. The number of hydrogen-bond donors (Lipinski definition) is 2. The van der Waals surface area contributed by atoms with Gasteiger partial charge in [-0.3, -0.25) is 0 Å². The van der Waals surface area contributed by atoms with Crippen molar-refractivity contribution >= 4 is 22.4 Å². The molecule has 1 aromatic heterocycles. The number of aryl methyl sites for hydroxylation is 1. The first-order valence-corrected chi connectivity index (χ1v) is 6.70. The van der Waals surface area contributed by atoms with Crippen LogP contribution in [0.3, 0.4) is 0 Å². The molecule has 0 unspecified atom stereocenters. The predicted octanol–water partition coefficient (Wildman–Crippen LogP) is 3.23. The number of aromatic nitrogens is 2. The number of anilines is 2. The molecule has 4 heteroatoms. The van der Waals surface area contributed by atoms with Gasteiger partial charge in [0.2, 0.25) is 0 Å². The van der Waals surface area contributed by atoms with Crippen LogP contribution in [0.25, 0.3) is 11.0 Å². The molecule has 2 N–H and O–H groups in total. The van der Waals surface area contributed by atoms with Gasteiger partial charge in [-0.05, 0) is 24.3 Å². The van der Waals surface area contributed by atoms with Crippen molar-refractivity contribution in [2.75, 3.05) is 17.7 Å². The third kappa shape index (κ3) is 2.20. The Labute approximate surface area is 118 Å². The number of hydrogen-bond acceptors (Lipinski definition) is 3. The third-order valence-corrected chi connectivity index (χ3v) is 3.51. The largest absolute Gasteiger partial charge is 0.386 e. The molecule has 0 aliphatic heterocycles. The lowest BCUT2D eigenvalue weighted by molar-refractivity contribution is 0.835. The molecule has 3 rings (SSSR count). The molecular weight excluding hydrogens is 248 g/mol. The van der Waals surface area contributed by atoms with Crippen LogP contribution in [0.4, 0.5) is 11.4 Å². The van der Waals surface area contributed by atoms with E-state index in [1.165, 1.54) is 0 Å². The molecule has 0 atom stereocenters. The van der Waals surface area contributed by atoms with Crippen LogP contribution >= 0.6 is 0 Å². The Bertz CT molecular complexity index is 730. The van der Waals surface area contributed by atoms with Gasteiger partial charge in [0.1, 0.15) is 5.82 Å². The summed E-state index contributed by atoms with van der Waals surface area (Å²) >= 11 is 0. The Kier molecular flexibility index (Phi) is 3.29. The van der Waals surface area contributed by atoms with E-state index in [4.69, 9.17) is 0 Å². The summed E-state index contributed by atoms with van der Waals surface area (Å²) in [5.74, 6) is 1.03. The maximum atomic E-state index is 4.66. The van der Waals surface area contributed by atoms with E-state index in [1.807, 2.05) is 37.4 Å². The lowest BCUT2D eigenvalue weighted by Crippen LogP contribution is -2.07. The first-order chi connectivity index (χ1) is 9.79. The molecule has 2 aromatic carbocycles. The van der Waals surface area contributed by atoms with Crippen molar-refractivity contribution in [3.63, 3.8) is 0 Å². The zero-order valence-electron chi connectivity index (χ0n) is 11.7. The summed E-state index contributed by atoms with van der Waals surface area (Å²) in [6.45, 7) is 0.698. The molecule has 20 heavy (non-hydrogen) atoms. The molecule has 0 saturated carbocycles. The molecule has 4 nitrogen and oxygen atoms in total. The predicted molar refractivity (Wildman–Crippen MR) is 84.0 cm³/mol. The van der Waals surface area contributed by atoms with Gasteiger partial charge in [-0.15, -0.1) is 0 Å². The Morgan fingerprint density at radius 1 is 1.00 bits per heavy atom. The van der Waals surface area contributed by atoms with Gasteiger partial charge in [0.25, 0.3) is 0 Å². The van der Waals surface area contributed by atoms with E-state index in [2.05, 4.69) is 45.4 Å². The van der Waals surface area contributed by atoms with Crippen molar-refractivity contribution in [2.24, 2.45) is 7.05 Å². The van der Waals surface area contributed by atoms with E-state index in [1.54, 1.807) is 0 Å². The van der Waals surface area contributed by atoms with Gasteiger partial charge >= 0.3 is 0 Å². The van der Waals surface area contributed by atoms with Crippen molar-refractivity contribution in [1.82, 2.24) is 9.55 Å². The van der Waals surface area contributed by atoms with Gasteiger partial charge in [-0.1, -0.05) is 24.3 Å². The number of nitrogens with zero attached hydrogens (tertiary/aromatic N) is 2. The minimum atomic E-state index is 0.698. The molecule has 0 aliphatic carbocycles. The average molecular weight is 266 g/mol. The summed E-state index contributed by atoms with van der Waals surface area (Å²) in [6, 6.07) is 16.4. The topological polar surface area (TPSA) is 41.9 Å². The minimum absolute atomic E-state index is 0.698. The summed E-state index contributed by atoms with van der Waals surface area (Å²) in [4.78, 5) is 4.66. The first-order valence-electron chi connectivity index (χ1n) is 6.70. The highest BCUT2D eigenvalue weighted by Crippen LogP contribution is 2.21. The van der Waals surface area contributed by atoms with Gasteiger partial charge < -0.3 is 15.2 Å². The molecule has 0 spiro atoms. The van der Waals surface area contributed by atoms with Crippen molar-refractivity contribution in [1.29, 1.82) is 0 Å². The van der Waals surface area contributed by atoms with Crippen LogP contribution < -0.4 is 10.6 Å². The van der Waals surface area contributed by atoms with Crippen LogP contribution in [0.15, 0.2) is 48.5 Å². The highest BCUT2D eigenvalue weighted by molar-refractivity contribution is 5.76. The zero-order valence-corrected chi connectivity index (χ0v) is 11.7. The van der Waals surface area contributed by atoms with Crippen molar-refractivity contribution in [2.45, 2.75) is 6.54 Å². The van der Waals surface area contributed by atoms with E-state index in [0.29, 0.717) is 6.54 Å². The van der Waals surface area contributed by atoms with Crippen LogP contribution in [-0.4, -0.2) is 16.6 Å². The molecule has 0 amide bonds. The number of imidazole rings is 1. The molecule has 0 aliphatic rings. The molecule has 102 valence electrons. The summed E-state index contributed by atoms with van der Waals surface area (Å²) in [5.41, 5.74) is 4.37. The zero-order chi connectivity index (χ0) is 13.9. The Hall–Kier alpha value is -2.49. The van der Waals surface area contributed by atoms with Gasteiger partial charge in [-0.25, -0.2) is 4.98 Å². The molecule has 0 bridgehead atoms. The van der Waals surface area contributed by atoms with E-state index < -0.39 is 0 Å². The lowest BCUT2D eigenvalue weighted by atomic mass is 10.2. The monoisotopic (exact) mass is 266 g/mol. The van der Waals surface area contributed by atoms with Gasteiger partial charge in [0, 0.05) is 14.1 Å². The van der Waals surface area contributed by atoms with Crippen molar-refractivity contribution in [3.05, 3.63) is 54.4 Å². The summed E-state index contributed by atoms with van der Waals surface area (Å²) in [6.07, 6.45) is 0. The van der Waals surface area contributed by atoms with Gasteiger partial charge in [-0.2, -0.15) is 0 Å². The maximum Gasteiger partial charge on any atom is 0.128 e. The fourth-order valence-corrected chi connectivity index (χ4v) is 2.38. The summed E-state index contributed by atoms with van der Waals surface area (Å²) in [5, 5.41) is 6.62. The first kappa shape index (κ1) is 12.5. The number of para-hydroxylation sites is 4. The number of nitrogens with one attached hydrogen (secondary N) is 2. The van der Waals surface area contributed by atoms with Crippen LogP contribution in [0.2, 0.25) is 0 Å². The third-order valence-electron chi connectivity index (χ3n) is 3.51. The summed E-state index contributed by atoms with van der Waals surface area (Å²) < 4.78 is 2.13. The van der Waals surface area contributed by atoms with Crippen LogP contribution in [-0.2, 0) is 13.6 Å². The standard InChI is InChI=1S/C16H18N4/c1-17-12-7-3-4-8-13(12)18-11-16-19-14-9-5-6-10-15(14)20(16)2/h3-10,17-18H,11H2,1-2H3. The molecule has 0 fully saturated rings. The molecule has 3 aromatic rings. The second-order valence-corrected chi connectivity index (χ2v) is 4.72. The number of fused-ring (bicyclic) bond motifs is 1. The minimum Gasteiger partial charge on any atom is -0.386 e. The van der Waals surface area contributed by atoms with Crippen molar-refractivity contribution < 1.29 is 0 Å². The van der Waals surface area contributed by atoms with Crippen molar-refractivity contribution in [3.8, 4) is 0 Å². The fourth-order valence-electron chi connectivity index (χ4n) is 2.38. The lowest BCUT2D eigenvalue weighted by Gasteiger charge is -2.11. The van der Waals surface area contributed by atoms with Crippen LogP contribution in [0.5, 0.6) is 0 Å². The maximum absolute atomic E-state index is 4.66. The molecular formula is C16H18N4. The van der Waals surface area contributed by atoms with E-state index >= 15 is 0 Å². The van der Waals surface area contributed by atoms with E-state index in [9.17, 15) is 0 Å². The highest BCUT2D eigenvalue weighted by Gasteiger charge is 2.07. The van der Waals surface area contributed by atoms with E-state index in [0.717, 1.165) is 28.2 Å². The van der Waals surface area contributed by atoms with Crippen LogP contribution in [0, 0.1) is 0 Å². The second-order valence-electron chi connectivity index (χ2n) is 4.72. The molecule has 0 saturated heterocycles. The molecule has 1 heterocycles. The normalized spacial score (nSPS) is 10.7. The quantitative estimate of drug-likeness (QED) is 0.762. The molecule has 0 radical (unpaired) electrons. The van der Waals surface area contributed by atoms with Gasteiger partial charge in [0.05, 0.1) is 29.0 Å². The second kappa shape index (κ2) is 5.25. The fraction of sp³-hybridized carbons (Fsp3) is 0.188.